The second-order valence-electron chi connectivity index (χ2n) is 3.81. The summed E-state index contributed by atoms with van der Waals surface area (Å²) in [5.41, 5.74) is 5.46. The summed E-state index contributed by atoms with van der Waals surface area (Å²) in [6.07, 6.45) is 2.44. The smallest absolute Gasteiger partial charge is 0.153 e. The third-order valence-corrected chi connectivity index (χ3v) is 2.31. The number of rotatable bonds is 7. The van der Waals surface area contributed by atoms with Crippen LogP contribution in [0.3, 0.4) is 0 Å². The third-order valence-electron chi connectivity index (χ3n) is 2.31. The van der Waals surface area contributed by atoms with Gasteiger partial charge in [-0.25, -0.2) is 0 Å². The second-order valence-corrected chi connectivity index (χ2v) is 3.81. The first kappa shape index (κ1) is 13.2. The Morgan fingerprint density at radius 3 is 2.57 bits per heavy atom. The van der Waals surface area contributed by atoms with Crippen LogP contribution in [-0.2, 0) is 0 Å². The Kier molecular flexibility index (Phi) is 7.20. The predicted octanol–water partition coefficient (Wildman–Crippen LogP) is 1.49. The average Bonchev–Trinajstić information content (AvgIpc) is 2.16. The lowest BCUT2D eigenvalue weighted by atomic mass is 10.1. The van der Waals surface area contributed by atoms with Crippen LogP contribution in [-0.4, -0.2) is 35.6 Å². The molecule has 0 bridgehead atoms. The fourth-order valence-electron chi connectivity index (χ4n) is 1.59. The monoisotopic (exact) mass is 201 g/mol. The van der Waals surface area contributed by atoms with Crippen molar-refractivity contribution in [1.29, 1.82) is 0 Å². The molecule has 14 heavy (non-hydrogen) atoms. The van der Waals surface area contributed by atoms with E-state index in [4.69, 9.17) is 10.9 Å². The van der Waals surface area contributed by atoms with E-state index in [9.17, 15) is 0 Å². The maximum atomic E-state index is 8.45. The normalized spacial score (nSPS) is 14.7. The highest BCUT2D eigenvalue weighted by molar-refractivity contribution is 5.81. The Balaban J connectivity index is 3.89. The van der Waals surface area contributed by atoms with Crippen molar-refractivity contribution >= 4 is 5.84 Å². The quantitative estimate of drug-likeness (QED) is 0.284. The van der Waals surface area contributed by atoms with Crippen LogP contribution in [0, 0.1) is 5.92 Å². The fourth-order valence-corrected chi connectivity index (χ4v) is 1.59. The first-order chi connectivity index (χ1) is 6.63. The molecule has 0 aliphatic rings. The summed E-state index contributed by atoms with van der Waals surface area (Å²) in [4.78, 5) is 2.19. The second kappa shape index (κ2) is 7.62. The lowest BCUT2D eigenvalue weighted by molar-refractivity contribution is 0.263. The summed E-state index contributed by atoms with van der Waals surface area (Å²) >= 11 is 0. The molecule has 3 N–H and O–H groups in total. The summed E-state index contributed by atoms with van der Waals surface area (Å²) in [6.45, 7) is 9.02. The number of oxime groups is 1. The number of likely N-dealkylation sites (N-methyl/N-ethyl adjacent to an activating group) is 1. The Bertz CT molecular complexity index is 171. The third kappa shape index (κ3) is 5.80. The van der Waals surface area contributed by atoms with Gasteiger partial charge in [0.25, 0.3) is 0 Å². The van der Waals surface area contributed by atoms with E-state index in [1.54, 1.807) is 0 Å². The molecule has 0 saturated carbocycles. The van der Waals surface area contributed by atoms with Gasteiger partial charge < -0.3 is 10.9 Å². The van der Waals surface area contributed by atoms with Crippen molar-refractivity contribution in [2.45, 2.75) is 33.6 Å². The molecule has 0 fully saturated rings. The Hall–Kier alpha value is -0.770. The van der Waals surface area contributed by atoms with Gasteiger partial charge in [0, 0.05) is 6.54 Å². The van der Waals surface area contributed by atoms with Gasteiger partial charge in [0.2, 0.25) is 0 Å². The van der Waals surface area contributed by atoms with Crippen LogP contribution in [0.15, 0.2) is 5.16 Å². The fraction of sp³-hybridized carbons (Fsp3) is 0.900. The molecule has 84 valence electrons. The number of hydrogen-bond acceptors (Lipinski definition) is 3. The van der Waals surface area contributed by atoms with E-state index < -0.39 is 0 Å². The maximum absolute atomic E-state index is 8.45. The molecular formula is C10H23N3O. The molecule has 0 aromatic carbocycles. The standard InChI is InChI=1S/C10H23N3O/c1-4-6-9(3)7-13(5-2)8-10(11)12-14/h9,14H,4-8H2,1-3H3,(H2,11,12). The van der Waals surface area contributed by atoms with Gasteiger partial charge in [-0.2, -0.15) is 0 Å². The number of amidine groups is 1. The summed E-state index contributed by atoms with van der Waals surface area (Å²) in [6, 6.07) is 0. The van der Waals surface area contributed by atoms with E-state index in [2.05, 4.69) is 30.8 Å². The summed E-state index contributed by atoms with van der Waals surface area (Å²) in [7, 11) is 0. The SMILES string of the molecule is CCCC(C)CN(CC)CC(N)=NO. The zero-order valence-electron chi connectivity index (χ0n) is 9.53. The van der Waals surface area contributed by atoms with Gasteiger partial charge in [0.15, 0.2) is 5.84 Å². The Labute approximate surface area is 86.8 Å². The van der Waals surface area contributed by atoms with Crippen LogP contribution in [0.25, 0.3) is 0 Å². The van der Waals surface area contributed by atoms with E-state index in [1.165, 1.54) is 12.8 Å². The van der Waals surface area contributed by atoms with Crippen molar-refractivity contribution in [3.63, 3.8) is 0 Å². The highest BCUT2D eigenvalue weighted by Gasteiger charge is 2.09. The first-order valence-corrected chi connectivity index (χ1v) is 5.32. The molecule has 0 amide bonds. The minimum atomic E-state index is 0.288. The Morgan fingerprint density at radius 1 is 1.50 bits per heavy atom. The van der Waals surface area contributed by atoms with Crippen molar-refractivity contribution in [3.05, 3.63) is 0 Å². The molecule has 4 heteroatoms. The van der Waals surface area contributed by atoms with Crippen LogP contribution in [0.5, 0.6) is 0 Å². The van der Waals surface area contributed by atoms with Crippen molar-refractivity contribution in [2.75, 3.05) is 19.6 Å². The van der Waals surface area contributed by atoms with Crippen molar-refractivity contribution in [1.82, 2.24) is 4.90 Å². The highest BCUT2D eigenvalue weighted by Crippen LogP contribution is 2.06. The van der Waals surface area contributed by atoms with Gasteiger partial charge in [0.1, 0.15) is 0 Å². The minimum Gasteiger partial charge on any atom is -0.409 e. The first-order valence-electron chi connectivity index (χ1n) is 5.32. The van der Waals surface area contributed by atoms with Gasteiger partial charge >= 0.3 is 0 Å². The van der Waals surface area contributed by atoms with Crippen molar-refractivity contribution in [2.24, 2.45) is 16.8 Å². The molecule has 4 nitrogen and oxygen atoms in total. The summed E-state index contributed by atoms with van der Waals surface area (Å²) in [5.74, 6) is 0.960. The summed E-state index contributed by atoms with van der Waals surface area (Å²) < 4.78 is 0. The lowest BCUT2D eigenvalue weighted by Gasteiger charge is -2.23. The van der Waals surface area contributed by atoms with E-state index in [1.807, 2.05) is 0 Å². The molecule has 0 aliphatic heterocycles. The highest BCUT2D eigenvalue weighted by atomic mass is 16.4. The molecule has 1 atom stereocenters. The minimum absolute atomic E-state index is 0.288. The van der Waals surface area contributed by atoms with Crippen molar-refractivity contribution in [3.8, 4) is 0 Å². The largest absolute Gasteiger partial charge is 0.409 e. The molecule has 0 spiro atoms. The van der Waals surface area contributed by atoms with E-state index in [0.29, 0.717) is 12.5 Å². The van der Waals surface area contributed by atoms with Gasteiger partial charge in [-0.15, -0.1) is 0 Å². The predicted molar refractivity (Wildman–Crippen MR) is 59.6 cm³/mol. The topological polar surface area (TPSA) is 61.8 Å². The zero-order valence-corrected chi connectivity index (χ0v) is 9.53. The maximum Gasteiger partial charge on any atom is 0.153 e. The van der Waals surface area contributed by atoms with Crippen LogP contribution in [0.1, 0.15) is 33.6 Å². The van der Waals surface area contributed by atoms with Gasteiger partial charge in [-0.05, 0) is 18.9 Å². The molecule has 0 radical (unpaired) electrons. The van der Waals surface area contributed by atoms with Crippen LogP contribution in [0.2, 0.25) is 0 Å². The average molecular weight is 201 g/mol. The van der Waals surface area contributed by atoms with Gasteiger partial charge in [-0.3, -0.25) is 4.90 Å². The van der Waals surface area contributed by atoms with Gasteiger partial charge in [0.05, 0.1) is 6.54 Å². The number of hydrogen-bond donors (Lipinski definition) is 2. The van der Waals surface area contributed by atoms with E-state index in [-0.39, 0.29) is 5.84 Å². The van der Waals surface area contributed by atoms with E-state index in [0.717, 1.165) is 13.1 Å². The molecule has 0 rings (SSSR count). The van der Waals surface area contributed by atoms with Crippen LogP contribution < -0.4 is 5.73 Å². The van der Waals surface area contributed by atoms with E-state index >= 15 is 0 Å². The number of nitrogens with zero attached hydrogens (tertiary/aromatic N) is 2. The number of nitrogens with two attached hydrogens (primary N) is 1. The van der Waals surface area contributed by atoms with Crippen LogP contribution in [0.4, 0.5) is 0 Å². The molecular weight excluding hydrogens is 178 g/mol. The van der Waals surface area contributed by atoms with Crippen LogP contribution >= 0.6 is 0 Å². The molecule has 1 unspecified atom stereocenters. The van der Waals surface area contributed by atoms with Crippen molar-refractivity contribution < 1.29 is 5.21 Å². The summed E-state index contributed by atoms with van der Waals surface area (Å²) in [5, 5.41) is 11.4. The molecule has 0 aliphatic carbocycles. The zero-order chi connectivity index (χ0) is 11.0. The lowest BCUT2D eigenvalue weighted by Crippen LogP contribution is -2.36. The molecule has 0 aromatic heterocycles. The van der Waals surface area contributed by atoms with Gasteiger partial charge in [-0.1, -0.05) is 32.3 Å². The molecule has 0 aromatic rings. The Morgan fingerprint density at radius 2 is 2.14 bits per heavy atom. The molecule has 0 heterocycles. The molecule has 0 saturated heterocycles.